The summed E-state index contributed by atoms with van der Waals surface area (Å²) in [5, 5.41) is 15.6. The van der Waals surface area contributed by atoms with E-state index in [1.165, 1.54) is 19.5 Å². The summed E-state index contributed by atoms with van der Waals surface area (Å²) in [5.41, 5.74) is 0. The van der Waals surface area contributed by atoms with E-state index in [4.69, 9.17) is 10.2 Å². The number of aliphatic carboxylic acids is 2. The van der Waals surface area contributed by atoms with Gasteiger partial charge in [-0.15, -0.1) is 0 Å². The maximum absolute atomic E-state index is 9.55. The number of carbonyl (C=O) groups is 2. The molecule has 0 aromatic heterocycles. The highest BCUT2D eigenvalue weighted by atomic mass is 16.4. The topological polar surface area (TPSA) is 90.2 Å². The van der Waals surface area contributed by atoms with Gasteiger partial charge in [0.1, 0.15) is 0 Å². The summed E-state index contributed by atoms with van der Waals surface area (Å²) in [6.07, 6.45) is 4.37. The lowest BCUT2D eigenvalue weighted by Gasteiger charge is -2.03. The van der Waals surface area contributed by atoms with Crippen LogP contribution in [0.1, 0.15) is 6.42 Å². The van der Waals surface area contributed by atoms with Gasteiger partial charge in [-0.25, -0.2) is 9.59 Å². The fraction of sp³-hybridized carbons (Fsp3) is 0.444. The normalized spacial score (nSPS) is 21.6. The molecule has 0 aliphatic carbocycles. The molecule has 82 valence electrons. The average molecular weight is 212 g/mol. The molecule has 0 aromatic rings. The molecule has 2 heterocycles. The first-order valence-corrected chi connectivity index (χ1v) is 4.49. The zero-order chi connectivity index (χ0) is 11.3. The van der Waals surface area contributed by atoms with Crippen molar-refractivity contribution >= 4 is 18.3 Å². The van der Waals surface area contributed by atoms with Crippen molar-refractivity contribution in [3.63, 3.8) is 0 Å². The van der Waals surface area contributed by atoms with Gasteiger partial charge in [-0.05, 0) is 6.42 Å². The van der Waals surface area contributed by atoms with Crippen LogP contribution in [0, 0.1) is 0 Å². The van der Waals surface area contributed by atoms with E-state index >= 15 is 0 Å². The zero-order valence-electron chi connectivity index (χ0n) is 8.04. The molecule has 2 aliphatic rings. The van der Waals surface area contributed by atoms with Crippen molar-refractivity contribution in [2.45, 2.75) is 12.5 Å². The maximum atomic E-state index is 9.55. The summed E-state index contributed by atoms with van der Waals surface area (Å²) in [7, 11) is 0. The molecule has 15 heavy (non-hydrogen) atoms. The summed E-state index contributed by atoms with van der Waals surface area (Å²) in [6.45, 7) is 2.44. The molecule has 2 aliphatic heterocycles. The summed E-state index contributed by atoms with van der Waals surface area (Å²) in [6, 6.07) is 0.667. The minimum absolute atomic E-state index is 0.558. The number of nitrogens with zero attached hydrogens (tertiary/aromatic N) is 2. The molecule has 2 bridgehead atoms. The van der Waals surface area contributed by atoms with E-state index in [2.05, 4.69) is 9.89 Å². The summed E-state index contributed by atoms with van der Waals surface area (Å²) in [4.78, 5) is 25.6. The third kappa shape index (κ3) is 4.26. The van der Waals surface area contributed by atoms with Crippen molar-refractivity contribution in [2.24, 2.45) is 4.99 Å². The third-order valence-corrected chi connectivity index (χ3v) is 2.00. The van der Waals surface area contributed by atoms with Crippen LogP contribution in [-0.4, -0.2) is 52.5 Å². The van der Waals surface area contributed by atoms with Gasteiger partial charge in [0.05, 0.1) is 12.4 Å². The van der Waals surface area contributed by atoms with E-state index in [9.17, 15) is 9.59 Å². The summed E-state index contributed by atoms with van der Waals surface area (Å²) in [5.74, 6) is -2.51. The third-order valence-electron chi connectivity index (χ3n) is 2.00. The van der Waals surface area contributed by atoms with Crippen LogP contribution in [-0.2, 0) is 9.59 Å². The second kappa shape index (κ2) is 5.14. The Morgan fingerprint density at radius 3 is 2.07 bits per heavy atom. The van der Waals surface area contributed by atoms with Gasteiger partial charge < -0.3 is 15.1 Å². The van der Waals surface area contributed by atoms with Crippen LogP contribution >= 0.6 is 0 Å². The van der Waals surface area contributed by atoms with Gasteiger partial charge >= 0.3 is 11.9 Å². The number of carboxylic acid groups (broad SMARTS) is 2. The lowest BCUT2D eigenvalue weighted by molar-refractivity contribution is -0.134. The molecule has 2 rings (SSSR count). The fourth-order valence-electron chi connectivity index (χ4n) is 1.33. The molecule has 0 saturated carbocycles. The Kier molecular flexibility index (Phi) is 3.84. The van der Waals surface area contributed by atoms with Gasteiger partial charge in [0, 0.05) is 25.2 Å². The number of aliphatic imine (C=N–C) groups is 1. The number of carboxylic acids is 2. The fourth-order valence-corrected chi connectivity index (χ4v) is 1.33. The van der Waals surface area contributed by atoms with Crippen LogP contribution in [0.25, 0.3) is 0 Å². The Morgan fingerprint density at radius 1 is 1.33 bits per heavy atom. The molecule has 2 N–H and O–H groups in total. The molecule has 1 saturated heterocycles. The van der Waals surface area contributed by atoms with Crippen molar-refractivity contribution < 1.29 is 19.8 Å². The summed E-state index contributed by atoms with van der Waals surface area (Å²) < 4.78 is 0. The number of hydrogen-bond donors (Lipinski definition) is 2. The molecule has 1 unspecified atom stereocenters. The first-order valence-electron chi connectivity index (χ1n) is 4.49. The SMILES string of the molecule is C1=NC2CCN1C2.O=C(O)/C=C\C(=O)O. The van der Waals surface area contributed by atoms with Gasteiger partial charge in [0.25, 0.3) is 0 Å². The number of rotatable bonds is 2. The lowest BCUT2D eigenvalue weighted by Crippen LogP contribution is -2.13. The van der Waals surface area contributed by atoms with E-state index in [0.29, 0.717) is 18.2 Å². The van der Waals surface area contributed by atoms with Crippen molar-refractivity contribution in [3.8, 4) is 0 Å². The van der Waals surface area contributed by atoms with Crippen LogP contribution in [0.15, 0.2) is 17.1 Å². The maximum Gasteiger partial charge on any atom is 0.328 e. The molecule has 0 spiro atoms. The van der Waals surface area contributed by atoms with Crippen LogP contribution < -0.4 is 0 Å². The Hall–Kier alpha value is -1.85. The van der Waals surface area contributed by atoms with Gasteiger partial charge in [0.2, 0.25) is 0 Å². The Balaban J connectivity index is 0.000000150. The number of hydrogen-bond acceptors (Lipinski definition) is 4. The van der Waals surface area contributed by atoms with E-state index < -0.39 is 11.9 Å². The zero-order valence-corrected chi connectivity index (χ0v) is 8.04. The lowest BCUT2D eigenvalue weighted by atomic mass is 10.3. The van der Waals surface area contributed by atoms with Crippen LogP contribution in [0.2, 0.25) is 0 Å². The average Bonchev–Trinajstić information content (AvgIpc) is 2.79. The minimum atomic E-state index is -1.26. The standard InChI is InChI=1S/C5H8N2.C4H4O4/c1-2-7-3-5(1)6-4-7;5-3(6)1-2-4(7)8/h4-5H,1-3H2;1-2H,(H,5,6)(H,7,8)/b;2-1-. The number of fused-ring (bicyclic) bond motifs is 2. The minimum Gasteiger partial charge on any atom is -0.478 e. The van der Waals surface area contributed by atoms with Crippen molar-refractivity contribution in [2.75, 3.05) is 13.1 Å². The van der Waals surface area contributed by atoms with Crippen molar-refractivity contribution in [3.05, 3.63) is 12.2 Å². The van der Waals surface area contributed by atoms with Crippen LogP contribution in [0.4, 0.5) is 0 Å². The smallest absolute Gasteiger partial charge is 0.328 e. The highest BCUT2D eigenvalue weighted by Gasteiger charge is 2.23. The van der Waals surface area contributed by atoms with Gasteiger partial charge in [-0.3, -0.25) is 4.99 Å². The van der Waals surface area contributed by atoms with Gasteiger partial charge in [-0.2, -0.15) is 0 Å². The van der Waals surface area contributed by atoms with Gasteiger partial charge in [0.15, 0.2) is 0 Å². The molecule has 0 amide bonds. The predicted octanol–water partition coefficient (Wildman–Crippen LogP) is -0.186. The predicted molar refractivity (Wildman–Crippen MR) is 52.9 cm³/mol. The Morgan fingerprint density at radius 2 is 1.93 bits per heavy atom. The highest BCUT2D eigenvalue weighted by molar-refractivity contribution is 5.89. The molecular weight excluding hydrogens is 200 g/mol. The summed E-state index contributed by atoms with van der Waals surface area (Å²) >= 11 is 0. The van der Waals surface area contributed by atoms with E-state index in [-0.39, 0.29) is 0 Å². The molecule has 0 aromatic carbocycles. The van der Waals surface area contributed by atoms with Crippen LogP contribution in [0.5, 0.6) is 0 Å². The Labute approximate surface area is 86.5 Å². The molecule has 0 radical (unpaired) electrons. The van der Waals surface area contributed by atoms with Crippen molar-refractivity contribution in [1.29, 1.82) is 0 Å². The molecule has 1 fully saturated rings. The molecule has 1 atom stereocenters. The van der Waals surface area contributed by atoms with Crippen molar-refractivity contribution in [1.82, 2.24) is 4.90 Å². The largest absolute Gasteiger partial charge is 0.478 e. The quantitative estimate of drug-likeness (QED) is 0.619. The van der Waals surface area contributed by atoms with E-state index in [0.717, 1.165) is 0 Å². The van der Waals surface area contributed by atoms with Gasteiger partial charge in [-0.1, -0.05) is 0 Å². The second-order valence-electron chi connectivity index (χ2n) is 3.21. The highest BCUT2D eigenvalue weighted by Crippen LogP contribution is 2.15. The molecule has 6 heteroatoms. The monoisotopic (exact) mass is 212 g/mol. The first kappa shape index (κ1) is 11.2. The van der Waals surface area contributed by atoms with Crippen LogP contribution in [0.3, 0.4) is 0 Å². The Bertz CT molecular complexity index is 283. The van der Waals surface area contributed by atoms with E-state index in [1.807, 2.05) is 6.34 Å². The molecular formula is C9H12N2O4. The molecule has 6 nitrogen and oxygen atoms in total. The second-order valence-corrected chi connectivity index (χ2v) is 3.21. The van der Waals surface area contributed by atoms with E-state index in [1.54, 1.807) is 0 Å². The first-order chi connectivity index (χ1) is 7.08.